The van der Waals surface area contributed by atoms with E-state index in [0.29, 0.717) is 18.7 Å². The normalized spacial score (nSPS) is 14.2. The van der Waals surface area contributed by atoms with Crippen molar-refractivity contribution in [1.82, 2.24) is 9.62 Å². The number of ether oxygens (including phenoxy) is 1. The Hall–Kier alpha value is -1.90. The maximum atomic E-state index is 12.9. The molecule has 3 rings (SSSR count). The molecule has 1 amide bonds. The van der Waals surface area contributed by atoms with Gasteiger partial charge in [0.2, 0.25) is 10.0 Å². The van der Waals surface area contributed by atoms with Gasteiger partial charge < -0.3 is 9.64 Å². The van der Waals surface area contributed by atoms with Crippen molar-refractivity contribution in [2.75, 3.05) is 13.7 Å². The van der Waals surface area contributed by atoms with Gasteiger partial charge in [0.15, 0.2) is 0 Å². The Balaban J connectivity index is 1.89. The van der Waals surface area contributed by atoms with Crippen molar-refractivity contribution in [3.05, 3.63) is 46.2 Å². The number of nitrogens with one attached hydrogen (secondary N) is 1. The van der Waals surface area contributed by atoms with E-state index in [-0.39, 0.29) is 22.6 Å². The monoisotopic (exact) mass is 394 g/mol. The van der Waals surface area contributed by atoms with E-state index in [1.54, 1.807) is 22.3 Å². The predicted molar refractivity (Wildman–Crippen MR) is 101 cm³/mol. The van der Waals surface area contributed by atoms with Crippen LogP contribution in [0.1, 0.15) is 35.0 Å². The summed E-state index contributed by atoms with van der Waals surface area (Å²) in [6.45, 7) is 2.94. The molecule has 6 nitrogen and oxygen atoms in total. The fourth-order valence-corrected chi connectivity index (χ4v) is 4.82. The van der Waals surface area contributed by atoms with Gasteiger partial charge in [0, 0.05) is 23.0 Å². The Morgan fingerprint density at radius 3 is 2.69 bits per heavy atom. The highest BCUT2D eigenvalue weighted by Crippen LogP contribution is 2.29. The molecule has 1 aliphatic rings. The van der Waals surface area contributed by atoms with E-state index in [2.05, 4.69) is 4.72 Å². The first-order valence-electron chi connectivity index (χ1n) is 8.46. The van der Waals surface area contributed by atoms with Crippen LogP contribution in [0.25, 0.3) is 0 Å². The molecule has 1 heterocycles. The third-order valence-corrected chi connectivity index (χ3v) is 6.60. The van der Waals surface area contributed by atoms with Gasteiger partial charge in [-0.1, -0.05) is 6.07 Å². The lowest BCUT2D eigenvalue weighted by Crippen LogP contribution is -2.31. The summed E-state index contributed by atoms with van der Waals surface area (Å²) in [4.78, 5) is 15.7. The van der Waals surface area contributed by atoms with E-state index < -0.39 is 10.0 Å². The summed E-state index contributed by atoms with van der Waals surface area (Å²) in [7, 11) is -2.30. The first kappa shape index (κ1) is 18.9. The smallest absolute Gasteiger partial charge is 0.254 e. The van der Waals surface area contributed by atoms with Gasteiger partial charge >= 0.3 is 0 Å². The van der Waals surface area contributed by atoms with Crippen LogP contribution < -0.4 is 9.46 Å². The zero-order chi connectivity index (χ0) is 18.7. The number of methoxy groups -OCH3 is 1. The first-order valence-corrected chi connectivity index (χ1v) is 10.8. The Morgan fingerprint density at radius 1 is 1.35 bits per heavy atom. The summed E-state index contributed by atoms with van der Waals surface area (Å²) in [5.74, 6) is 0.0300. The van der Waals surface area contributed by atoms with Crippen molar-refractivity contribution in [2.24, 2.45) is 0 Å². The number of sulfonamides is 1. The second-order valence-electron chi connectivity index (χ2n) is 6.16. The number of hydrogen-bond donors (Lipinski definition) is 1. The molecule has 0 spiro atoms. The van der Waals surface area contributed by atoms with Crippen LogP contribution in [-0.4, -0.2) is 38.9 Å². The number of hydrogen-bond acceptors (Lipinski definition) is 5. The van der Waals surface area contributed by atoms with Gasteiger partial charge in [0.05, 0.1) is 13.7 Å². The van der Waals surface area contributed by atoms with Gasteiger partial charge in [-0.15, -0.1) is 11.3 Å². The molecule has 0 atom stereocenters. The van der Waals surface area contributed by atoms with Crippen molar-refractivity contribution in [3.63, 3.8) is 0 Å². The fraction of sp³-hybridized carbons (Fsp3) is 0.389. The summed E-state index contributed by atoms with van der Waals surface area (Å²) >= 11 is 1.59. The molecule has 26 heavy (non-hydrogen) atoms. The van der Waals surface area contributed by atoms with Crippen molar-refractivity contribution in [2.45, 2.75) is 37.2 Å². The summed E-state index contributed by atoms with van der Waals surface area (Å²) in [6.07, 6.45) is 1.68. The summed E-state index contributed by atoms with van der Waals surface area (Å²) in [5, 5.41) is 1.97. The van der Waals surface area contributed by atoms with Gasteiger partial charge in [-0.05, 0) is 49.4 Å². The van der Waals surface area contributed by atoms with Crippen molar-refractivity contribution >= 4 is 27.3 Å². The van der Waals surface area contributed by atoms with Crippen LogP contribution in [0.15, 0.2) is 40.6 Å². The van der Waals surface area contributed by atoms with Crippen molar-refractivity contribution in [1.29, 1.82) is 0 Å². The lowest BCUT2D eigenvalue weighted by atomic mass is 10.2. The molecule has 140 valence electrons. The molecule has 1 N–H and O–H groups in total. The third-order valence-electron chi connectivity index (χ3n) is 4.19. The number of carbonyl (C=O) groups excluding carboxylic acids is 1. The molecule has 1 aromatic heterocycles. The minimum atomic E-state index is -3.72. The van der Waals surface area contributed by atoms with Crippen LogP contribution in [0.5, 0.6) is 5.75 Å². The SMILES string of the molecule is CCN(Cc1cccs1)C(=O)c1ccc(OC)c(S(=O)(=O)NC2CC2)c1. The average Bonchev–Trinajstić information content (AvgIpc) is 3.28. The van der Waals surface area contributed by atoms with Crippen LogP contribution in [0.3, 0.4) is 0 Å². The first-order chi connectivity index (χ1) is 12.4. The van der Waals surface area contributed by atoms with Crippen LogP contribution in [0.2, 0.25) is 0 Å². The minimum absolute atomic E-state index is 0.00456. The molecular formula is C18H22N2O4S2. The standard InChI is InChI=1S/C18H22N2O4S2/c1-3-20(12-15-5-4-10-25-15)18(21)13-6-9-16(24-2)17(11-13)26(22,23)19-14-7-8-14/h4-6,9-11,14,19H,3,7-8,12H2,1-2H3. The quantitative estimate of drug-likeness (QED) is 0.747. The number of thiophene rings is 1. The average molecular weight is 395 g/mol. The number of nitrogens with zero attached hydrogens (tertiary/aromatic N) is 1. The molecular weight excluding hydrogens is 372 g/mol. The molecule has 1 saturated carbocycles. The molecule has 0 unspecified atom stereocenters. The number of benzene rings is 1. The Kier molecular flexibility index (Phi) is 5.64. The third kappa shape index (κ3) is 4.25. The second-order valence-corrected chi connectivity index (χ2v) is 8.87. The molecule has 1 fully saturated rings. The second kappa shape index (κ2) is 7.77. The van der Waals surface area contributed by atoms with Crippen LogP contribution in [-0.2, 0) is 16.6 Å². The topological polar surface area (TPSA) is 75.7 Å². The number of amides is 1. The maximum absolute atomic E-state index is 12.9. The molecule has 0 bridgehead atoms. The van der Waals surface area contributed by atoms with Crippen LogP contribution in [0, 0.1) is 0 Å². The van der Waals surface area contributed by atoms with E-state index in [9.17, 15) is 13.2 Å². The van der Waals surface area contributed by atoms with Crippen molar-refractivity contribution < 1.29 is 17.9 Å². The van der Waals surface area contributed by atoms with Gasteiger partial charge in [-0.3, -0.25) is 4.79 Å². The Labute approximate surface area is 157 Å². The van der Waals surface area contributed by atoms with Crippen molar-refractivity contribution in [3.8, 4) is 5.75 Å². The van der Waals surface area contributed by atoms with Crippen LogP contribution >= 0.6 is 11.3 Å². The summed E-state index contributed by atoms with van der Waals surface area (Å²) < 4.78 is 33.1. The Bertz CT molecular complexity index is 875. The van der Waals surface area contributed by atoms with E-state index in [1.807, 2.05) is 24.4 Å². The molecule has 2 aromatic rings. The Morgan fingerprint density at radius 2 is 2.12 bits per heavy atom. The van der Waals surface area contributed by atoms with E-state index in [4.69, 9.17) is 4.74 Å². The highest BCUT2D eigenvalue weighted by molar-refractivity contribution is 7.89. The highest BCUT2D eigenvalue weighted by Gasteiger charge is 2.30. The van der Waals surface area contributed by atoms with Gasteiger partial charge in [-0.2, -0.15) is 0 Å². The molecule has 0 saturated heterocycles. The summed E-state index contributed by atoms with van der Waals surface area (Å²) in [6, 6.07) is 8.45. The summed E-state index contributed by atoms with van der Waals surface area (Å²) in [5.41, 5.74) is 0.334. The predicted octanol–water partition coefficient (Wildman–Crippen LogP) is 2.86. The van der Waals surface area contributed by atoms with E-state index in [0.717, 1.165) is 17.7 Å². The number of rotatable bonds is 8. The number of carbonyl (C=O) groups is 1. The zero-order valence-electron chi connectivity index (χ0n) is 14.8. The lowest BCUT2D eigenvalue weighted by Gasteiger charge is -2.21. The van der Waals surface area contributed by atoms with Gasteiger partial charge in [0.1, 0.15) is 10.6 Å². The van der Waals surface area contributed by atoms with Gasteiger partial charge in [0.25, 0.3) is 5.91 Å². The molecule has 8 heteroatoms. The zero-order valence-corrected chi connectivity index (χ0v) is 16.4. The minimum Gasteiger partial charge on any atom is -0.495 e. The largest absolute Gasteiger partial charge is 0.495 e. The van der Waals surface area contributed by atoms with E-state index >= 15 is 0 Å². The lowest BCUT2D eigenvalue weighted by molar-refractivity contribution is 0.0754. The molecule has 1 aliphatic carbocycles. The van der Waals surface area contributed by atoms with E-state index in [1.165, 1.54) is 19.2 Å². The highest BCUT2D eigenvalue weighted by atomic mass is 32.2. The fourth-order valence-electron chi connectivity index (χ4n) is 2.60. The molecule has 1 aromatic carbocycles. The maximum Gasteiger partial charge on any atom is 0.254 e. The molecule has 0 aliphatic heterocycles. The van der Waals surface area contributed by atoms with Crippen LogP contribution in [0.4, 0.5) is 0 Å². The molecule has 0 radical (unpaired) electrons. The van der Waals surface area contributed by atoms with Gasteiger partial charge in [-0.25, -0.2) is 13.1 Å².